The van der Waals surface area contributed by atoms with Crippen LogP contribution in [0.2, 0.25) is 0 Å². The van der Waals surface area contributed by atoms with Crippen LogP contribution < -0.4 is 5.73 Å². The van der Waals surface area contributed by atoms with Gasteiger partial charge in [-0.1, -0.05) is 19.1 Å². The van der Waals surface area contributed by atoms with Gasteiger partial charge in [0.2, 0.25) is 0 Å². The summed E-state index contributed by atoms with van der Waals surface area (Å²) in [5.41, 5.74) is 7.05. The Morgan fingerprint density at radius 2 is 2.00 bits per heavy atom. The van der Waals surface area contributed by atoms with E-state index in [4.69, 9.17) is 5.73 Å². The van der Waals surface area contributed by atoms with Gasteiger partial charge in [0.05, 0.1) is 5.75 Å². The predicted octanol–water partition coefficient (Wildman–Crippen LogP) is 1.60. The maximum atomic E-state index is 11.7. The molecule has 0 atom stereocenters. The highest BCUT2D eigenvalue weighted by atomic mass is 32.2. The molecule has 1 rings (SSSR count). The van der Waals surface area contributed by atoms with Gasteiger partial charge in [-0.2, -0.15) is 0 Å². The quantitative estimate of drug-likeness (QED) is 0.763. The van der Waals surface area contributed by atoms with Crippen molar-refractivity contribution in [2.75, 3.05) is 17.2 Å². The molecule has 4 nitrogen and oxygen atoms in total. The van der Waals surface area contributed by atoms with Crippen LogP contribution in [0.3, 0.4) is 0 Å². The SMILES string of the molecule is CCCS(=O)(=O)CCC(=O)Cc1cccc(N)c1. The van der Waals surface area contributed by atoms with Crippen LogP contribution in [0.5, 0.6) is 0 Å². The van der Waals surface area contributed by atoms with E-state index in [1.165, 1.54) is 0 Å². The van der Waals surface area contributed by atoms with E-state index in [2.05, 4.69) is 0 Å². The van der Waals surface area contributed by atoms with Crippen molar-refractivity contribution < 1.29 is 13.2 Å². The maximum Gasteiger partial charge on any atom is 0.150 e. The molecule has 2 N–H and O–H groups in total. The monoisotopic (exact) mass is 269 g/mol. The van der Waals surface area contributed by atoms with Crippen molar-refractivity contribution in [3.05, 3.63) is 29.8 Å². The number of hydrogen-bond donors (Lipinski definition) is 1. The fraction of sp³-hybridized carbons (Fsp3) is 0.462. The Balaban J connectivity index is 2.48. The van der Waals surface area contributed by atoms with Crippen LogP contribution in [0.15, 0.2) is 24.3 Å². The highest BCUT2D eigenvalue weighted by molar-refractivity contribution is 7.91. The summed E-state index contributed by atoms with van der Waals surface area (Å²) in [6, 6.07) is 7.08. The van der Waals surface area contributed by atoms with E-state index >= 15 is 0 Å². The van der Waals surface area contributed by atoms with E-state index in [0.717, 1.165) is 5.56 Å². The first-order valence-electron chi connectivity index (χ1n) is 5.99. The summed E-state index contributed by atoms with van der Waals surface area (Å²) >= 11 is 0. The van der Waals surface area contributed by atoms with Crippen LogP contribution >= 0.6 is 0 Å². The Kier molecular flexibility index (Phi) is 5.34. The van der Waals surface area contributed by atoms with Crippen LogP contribution in [0, 0.1) is 0 Å². The number of ketones is 1. The predicted molar refractivity (Wildman–Crippen MR) is 73.1 cm³/mol. The Morgan fingerprint density at radius 3 is 2.61 bits per heavy atom. The van der Waals surface area contributed by atoms with E-state index in [1.807, 2.05) is 13.0 Å². The standard InChI is InChI=1S/C13H19NO3S/c1-2-7-18(16,17)8-6-13(15)10-11-4-3-5-12(14)9-11/h3-5,9H,2,6-8,10,14H2,1H3. The molecule has 0 fully saturated rings. The minimum Gasteiger partial charge on any atom is -0.399 e. The summed E-state index contributed by atoms with van der Waals surface area (Å²) in [5, 5.41) is 0. The molecule has 0 amide bonds. The van der Waals surface area contributed by atoms with E-state index in [-0.39, 0.29) is 30.1 Å². The van der Waals surface area contributed by atoms with Gasteiger partial charge in [0.25, 0.3) is 0 Å². The first-order chi connectivity index (χ1) is 8.43. The third-order valence-corrected chi connectivity index (χ3v) is 4.42. The van der Waals surface area contributed by atoms with Crippen molar-refractivity contribution in [2.45, 2.75) is 26.2 Å². The number of anilines is 1. The van der Waals surface area contributed by atoms with Crippen molar-refractivity contribution in [3.63, 3.8) is 0 Å². The zero-order chi connectivity index (χ0) is 13.6. The Hall–Kier alpha value is -1.36. The summed E-state index contributed by atoms with van der Waals surface area (Å²) in [7, 11) is -3.07. The molecule has 100 valence electrons. The second kappa shape index (κ2) is 6.54. The molecule has 0 aliphatic rings. The van der Waals surface area contributed by atoms with Crippen molar-refractivity contribution in [3.8, 4) is 0 Å². The number of nitrogen functional groups attached to an aromatic ring is 1. The lowest BCUT2D eigenvalue weighted by Crippen LogP contribution is -2.15. The van der Waals surface area contributed by atoms with Crippen LogP contribution in [-0.4, -0.2) is 25.7 Å². The summed E-state index contributed by atoms with van der Waals surface area (Å²) < 4.78 is 22.9. The molecule has 0 bridgehead atoms. The molecule has 1 aromatic rings. The van der Waals surface area contributed by atoms with Crippen LogP contribution in [0.1, 0.15) is 25.3 Å². The molecule has 18 heavy (non-hydrogen) atoms. The van der Waals surface area contributed by atoms with Gasteiger partial charge >= 0.3 is 0 Å². The highest BCUT2D eigenvalue weighted by Gasteiger charge is 2.12. The van der Waals surface area contributed by atoms with Crippen LogP contribution in [-0.2, 0) is 21.1 Å². The number of rotatable bonds is 7. The number of carbonyl (C=O) groups is 1. The zero-order valence-electron chi connectivity index (χ0n) is 10.6. The Labute approximate surface area is 108 Å². The number of carbonyl (C=O) groups excluding carboxylic acids is 1. The molecular weight excluding hydrogens is 250 g/mol. The molecule has 0 aliphatic heterocycles. The van der Waals surface area contributed by atoms with Crippen molar-refractivity contribution in [1.82, 2.24) is 0 Å². The fourth-order valence-corrected chi connectivity index (χ4v) is 3.07. The van der Waals surface area contributed by atoms with Gasteiger partial charge in [-0.15, -0.1) is 0 Å². The van der Waals surface area contributed by atoms with Gasteiger partial charge in [0.1, 0.15) is 5.78 Å². The van der Waals surface area contributed by atoms with Crippen molar-refractivity contribution >= 4 is 21.3 Å². The molecule has 0 aliphatic carbocycles. The first kappa shape index (κ1) is 14.7. The summed E-state index contributed by atoms with van der Waals surface area (Å²) in [4.78, 5) is 11.7. The summed E-state index contributed by atoms with van der Waals surface area (Å²) in [5.74, 6) is 0.0286. The van der Waals surface area contributed by atoms with Gasteiger partial charge in [0, 0.05) is 24.3 Å². The van der Waals surface area contributed by atoms with Gasteiger partial charge < -0.3 is 5.73 Å². The second-order valence-corrected chi connectivity index (χ2v) is 6.67. The molecule has 5 heteroatoms. The molecular formula is C13H19NO3S. The average molecular weight is 269 g/mol. The minimum atomic E-state index is -3.07. The third kappa shape index (κ3) is 5.31. The molecule has 0 heterocycles. The lowest BCUT2D eigenvalue weighted by atomic mass is 10.1. The van der Waals surface area contributed by atoms with Gasteiger partial charge in [0.15, 0.2) is 9.84 Å². The minimum absolute atomic E-state index is 0.0536. The van der Waals surface area contributed by atoms with Crippen molar-refractivity contribution in [2.24, 2.45) is 0 Å². The van der Waals surface area contributed by atoms with Crippen molar-refractivity contribution in [1.29, 1.82) is 0 Å². The second-order valence-electron chi connectivity index (χ2n) is 4.36. The Morgan fingerprint density at radius 1 is 1.28 bits per heavy atom. The molecule has 0 saturated heterocycles. The number of nitrogens with two attached hydrogens (primary N) is 1. The third-order valence-electron chi connectivity index (χ3n) is 2.56. The molecule has 0 unspecified atom stereocenters. The summed E-state index contributed by atoms with van der Waals surface area (Å²) in [6.45, 7) is 1.81. The van der Waals surface area contributed by atoms with Gasteiger partial charge in [-0.05, 0) is 24.1 Å². The fourth-order valence-electron chi connectivity index (χ4n) is 1.70. The summed E-state index contributed by atoms with van der Waals surface area (Å²) in [6.07, 6.45) is 0.912. The zero-order valence-corrected chi connectivity index (χ0v) is 11.4. The van der Waals surface area contributed by atoms with Gasteiger partial charge in [-0.3, -0.25) is 4.79 Å². The largest absolute Gasteiger partial charge is 0.399 e. The molecule has 0 spiro atoms. The average Bonchev–Trinajstić information content (AvgIpc) is 2.26. The van der Waals surface area contributed by atoms with E-state index < -0.39 is 9.84 Å². The lowest BCUT2D eigenvalue weighted by molar-refractivity contribution is -0.118. The number of Topliss-reactive ketones (excluding diaryl/α,β-unsaturated/α-hetero) is 1. The number of hydrogen-bond acceptors (Lipinski definition) is 4. The maximum absolute atomic E-state index is 11.7. The van der Waals surface area contributed by atoms with E-state index in [0.29, 0.717) is 12.1 Å². The molecule has 1 aromatic carbocycles. The van der Waals surface area contributed by atoms with Crippen LogP contribution in [0.4, 0.5) is 5.69 Å². The topological polar surface area (TPSA) is 77.2 Å². The molecule has 0 aromatic heterocycles. The first-order valence-corrected chi connectivity index (χ1v) is 7.81. The van der Waals surface area contributed by atoms with Crippen LogP contribution in [0.25, 0.3) is 0 Å². The Bertz CT molecular complexity index is 509. The normalized spacial score (nSPS) is 11.4. The lowest BCUT2D eigenvalue weighted by Gasteiger charge is -2.03. The molecule has 0 saturated carbocycles. The van der Waals surface area contributed by atoms with E-state index in [9.17, 15) is 13.2 Å². The molecule has 0 radical (unpaired) electrons. The number of benzene rings is 1. The highest BCUT2D eigenvalue weighted by Crippen LogP contribution is 2.09. The van der Waals surface area contributed by atoms with E-state index in [1.54, 1.807) is 18.2 Å². The van der Waals surface area contributed by atoms with Gasteiger partial charge in [-0.25, -0.2) is 8.42 Å². The smallest absolute Gasteiger partial charge is 0.150 e. The number of sulfone groups is 1.